The van der Waals surface area contributed by atoms with Gasteiger partial charge in [-0.1, -0.05) is 36.4 Å². The van der Waals surface area contributed by atoms with E-state index in [0.29, 0.717) is 32.5 Å². The monoisotopic (exact) mass is 348 g/mol. The van der Waals surface area contributed by atoms with E-state index in [-0.39, 0.29) is 11.9 Å². The van der Waals surface area contributed by atoms with E-state index in [1.807, 2.05) is 30.3 Å². The second kappa shape index (κ2) is 12.2. The second-order valence-corrected chi connectivity index (χ2v) is 5.61. The first kappa shape index (κ1) is 20.9. The number of ether oxygens (including phenoxy) is 1. The third-order valence-electron chi connectivity index (χ3n) is 3.58. The molecule has 0 bridgehead atoms. The number of nitrogens with one attached hydrogen (secondary N) is 2. The molecule has 25 heavy (non-hydrogen) atoms. The van der Waals surface area contributed by atoms with Gasteiger partial charge in [0.2, 0.25) is 0 Å². The van der Waals surface area contributed by atoms with Crippen molar-refractivity contribution in [3.05, 3.63) is 48.6 Å². The molecule has 0 spiro atoms. The van der Waals surface area contributed by atoms with Crippen LogP contribution in [0.5, 0.6) is 0 Å². The number of rotatable bonds is 12. The molecule has 0 fully saturated rings. The van der Waals surface area contributed by atoms with E-state index in [2.05, 4.69) is 17.4 Å². The summed E-state index contributed by atoms with van der Waals surface area (Å²) in [6.07, 6.45) is 3.60. The smallest absolute Gasteiger partial charge is 0.323 e. The molecule has 0 radical (unpaired) electrons. The van der Waals surface area contributed by atoms with Crippen LogP contribution in [0.1, 0.15) is 32.3 Å². The van der Waals surface area contributed by atoms with E-state index >= 15 is 0 Å². The van der Waals surface area contributed by atoms with Crippen LogP contribution < -0.4 is 10.8 Å². The highest BCUT2D eigenvalue weighted by Crippen LogP contribution is 2.07. The molecule has 1 rings (SSSR count). The van der Waals surface area contributed by atoms with Gasteiger partial charge in [-0.3, -0.25) is 19.7 Å². The Labute approximate surface area is 149 Å². The molecule has 138 valence electrons. The minimum absolute atomic E-state index is 0.299. The number of benzene rings is 1. The summed E-state index contributed by atoms with van der Waals surface area (Å²) in [7, 11) is 0. The maximum absolute atomic E-state index is 12.2. The molecular formula is C19H28N2O4. The number of hydrogen-bond donors (Lipinski definition) is 2. The molecule has 0 aliphatic heterocycles. The Morgan fingerprint density at radius 1 is 1.28 bits per heavy atom. The van der Waals surface area contributed by atoms with Crippen LogP contribution in [-0.2, 0) is 25.6 Å². The zero-order valence-corrected chi connectivity index (χ0v) is 15.0. The van der Waals surface area contributed by atoms with Gasteiger partial charge in [0, 0.05) is 0 Å². The van der Waals surface area contributed by atoms with Crippen LogP contribution >= 0.6 is 0 Å². The lowest BCUT2D eigenvalue weighted by atomic mass is 10.0. The first-order valence-corrected chi connectivity index (χ1v) is 8.57. The number of hydrogen-bond acceptors (Lipinski definition) is 5. The average Bonchev–Trinajstić information content (AvgIpc) is 2.62. The van der Waals surface area contributed by atoms with Gasteiger partial charge in [-0.05, 0) is 38.7 Å². The lowest BCUT2D eigenvalue weighted by Gasteiger charge is -2.21. The number of carbonyl (C=O) groups is 2. The van der Waals surface area contributed by atoms with Crippen LogP contribution in [0.3, 0.4) is 0 Å². The fourth-order valence-electron chi connectivity index (χ4n) is 2.20. The number of esters is 1. The fraction of sp³-hybridized carbons (Fsp3) is 0.474. The Hall–Kier alpha value is -2.18. The minimum atomic E-state index is -0.589. The molecule has 2 atom stereocenters. The van der Waals surface area contributed by atoms with E-state index < -0.39 is 12.1 Å². The van der Waals surface area contributed by atoms with Gasteiger partial charge in [-0.15, -0.1) is 6.58 Å². The molecule has 0 heterocycles. The molecule has 1 aromatic rings. The highest BCUT2D eigenvalue weighted by Gasteiger charge is 2.24. The van der Waals surface area contributed by atoms with Crippen molar-refractivity contribution in [2.24, 2.45) is 0 Å². The van der Waals surface area contributed by atoms with Crippen LogP contribution in [0.2, 0.25) is 0 Å². The zero-order chi connectivity index (χ0) is 18.5. The van der Waals surface area contributed by atoms with Crippen LogP contribution in [0.15, 0.2) is 43.0 Å². The lowest BCUT2D eigenvalue weighted by molar-refractivity contribution is -0.146. The van der Waals surface area contributed by atoms with Crippen LogP contribution in [0, 0.1) is 0 Å². The van der Waals surface area contributed by atoms with Crippen LogP contribution in [-0.4, -0.2) is 37.2 Å². The summed E-state index contributed by atoms with van der Waals surface area (Å²) < 4.78 is 5.11. The summed E-state index contributed by atoms with van der Waals surface area (Å²) in [5.41, 5.74) is 3.49. The fourth-order valence-corrected chi connectivity index (χ4v) is 2.20. The van der Waals surface area contributed by atoms with Crippen LogP contribution in [0.25, 0.3) is 0 Å². The van der Waals surface area contributed by atoms with Gasteiger partial charge in [-0.2, -0.15) is 0 Å². The molecule has 6 heteroatoms. The van der Waals surface area contributed by atoms with Gasteiger partial charge in [0.25, 0.3) is 5.91 Å². The summed E-state index contributed by atoms with van der Waals surface area (Å²) >= 11 is 0. The summed E-state index contributed by atoms with van der Waals surface area (Å²) in [5.74, 6) is -0.691. The van der Waals surface area contributed by atoms with Gasteiger partial charge in [0.1, 0.15) is 6.04 Å². The quantitative estimate of drug-likeness (QED) is 0.262. The average molecular weight is 348 g/mol. The topological polar surface area (TPSA) is 76.7 Å². The van der Waals surface area contributed by atoms with Crippen molar-refractivity contribution < 1.29 is 19.2 Å². The predicted molar refractivity (Wildman–Crippen MR) is 96.7 cm³/mol. The SMILES string of the molecule is C=CCCONC(=O)[C@H](C)N[C@@H](CCc1ccccc1)C(=O)OCC. The number of carbonyl (C=O) groups excluding carboxylic acids is 2. The molecule has 0 aromatic heterocycles. The largest absolute Gasteiger partial charge is 0.465 e. The first-order chi connectivity index (χ1) is 12.1. The Kier molecular flexibility index (Phi) is 10.2. The lowest BCUT2D eigenvalue weighted by Crippen LogP contribution is -2.50. The number of hydroxylamine groups is 1. The van der Waals surface area contributed by atoms with Crippen molar-refractivity contribution in [1.29, 1.82) is 0 Å². The highest BCUT2D eigenvalue weighted by atomic mass is 16.6. The Morgan fingerprint density at radius 3 is 2.64 bits per heavy atom. The molecule has 1 aromatic carbocycles. The predicted octanol–water partition coefficient (Wildman–Crippen LogP) is 2.15. The van der Waals surface area contributed by atoms with Crippen molar-refractivity contribution >= 4 is 11.9 Å². The van der Waals surface area contributed by atoms with E-state index in [1.165, 1.54) is 0 Å². The van der Waals surface area contributed by atoms with E-state index in [4.69, 9.17) is 9.57 Å². The van der Waals surface area contributed by atoms with Gasteiger partial charge in [0.05, 0.1) is 19.3 Å². The Morgan fingerprint density at radius 2 is 2.00 bits per heavy atom. The zero-order valence-electron chi connectivity index (χ0n) is 15.0. The molecule has 0 aliphatic rings. The van der Waals surface area contributed by atoms with Gasteiger partial charge in [-0.25, -0.2) is 5.48 Å². The van der Waals surface area contributed by atoms with E-state index in [1.54, 1.807) is 19.9 Å². The first-order valence-electron chi connectivity index (χ1n) is 8.57. The summed E-state index contributed by atoms with van der Waals surface area (Å²) in [4.78, 5) is 29.2. The summed E-state index contributed by atoms with van der Waals surface area (Å²) in [6, 6.07) is 8.72. The van der Waals surface area contributed by atoms with Gasteiger partial charge < -0.3 is 4.74 Å². The summed E-state index contributed by atoms with van der Waals surface area (Å²) in [6.45, 7) is 7.68. The molecule has 0 unspecified atom stereocenters. The summed E-state index contributed by atoms with van der Waals surface area (Å²) in [5, 5.41) is 3.03. The minimum Gasteiger partial charge on any atom is -0.465 e. The van der Waals surface area contributed by atoms with Crippen molar-refractivity contribution in [3.8, 4) is 0 Å². The van der Waals surface area contributed by atoms with Crippen molar-refractivity contribution in [3.63, 3.8) is 0 Å². The van der Waals surface area contributed by atoms with Crippen molar-refractivity contribution in [2.75, 3.05) is 13.2 Å². The molecule has 1 amide bonds. The molecule has 0 aliphatic carbocycles. The Balaban J connectivity index is 2.55. The molecular weight excluding hydrogens is 320 g/mol. The standard InChI is InChI=1S/C19H28N2O4/c1-4-6-14-25-21-18(22)15(3)20-17(19(23)24-5-2)13-12-16-10-8-7-9-11-16/h4,7-11,15,17,20H,1,5-6,12-14H2,2-3H3,(H,21,22)/t15-,17-/m0/s1. The van der Waals surface area contributed by atoms with Crippen LogP contribution in [0.4, 0.5) is 0 Å². The number of aryl methyl sites for hydroxylation is 1. The highest BCUT2D eigenvalue weighted by molar-refractivity contribution is 5.82. The molecule has 6 nitrogen and oxygen atoms in total. The van der Waals surface area contributed by atoms with Gasteiger partial charge in [0.15, 0.2) is 0 Å². The second-order valence-electron chi connectivity index (χ2n) is 5.61. The number of amides is 1. The van der Waals surface area contributed by atoms with Crippen molar-refractivity contribution in [1.82, 2.24) is 10.8 Å². The van der Waals surface area contributed by atoms with Crippen molar-refractivity contribution in [2.45, 2.75) is 45.2 Å². The normalized spacial score (nSPS) is 12.9. The maximum Gasteiger partial charge on any atom is 0.323 e. The maximum atomic E-state index is 12.2. The Bertz CT molecular complexity index is 533. The van der Waals surface area contributed by atoms with E-state index in [0.717, 1.165) is 5.56 Å². The third-order valence-corrected chi connectivity index (χ3v) is 3.58. The van der Waals surface area contributed by atoms with Gasteiger partial charge >= 0.3 is 5.97 Å². The molecule has 0 saturated carbocycles. The van der Waals surface area contributed by atoms with E-state index in [9.17, 15) is 9.59 Å². The molecule has 2 N–H and O–H groups in total. The third kappa shape index (κ3) is 8.47. The molecule has 0 saturated heterocycles.